The maximum atomic E-state index is 14.4. The standard InChI is InChI=1S/C29H47N3O5/c1-25(2)28(11-8-12-28)29(25)17-19(24(35)36)32(18-29)23(34)21(27(4)13-15-37-16-14-27)31-22(33)20(30)26(3)9-6-5-7-10-26/h19-21H,5-18,30H2,1-4H3,(H,31,33)(H,35,36)/t19-,20+,21+,29+/m0/s1. The predicted molar refractivity (Wildman–Crippen MR) is 140 cm³/mol. The van der Waals surface area contributed by atoms with Gasteiger partial charge in [-0.05, 0) is 61.2 Å². The molecule has 8 heteroatoms. The number of nitrogens with one attached hydrogen (secondary N) is 1. The van der Waals surface area contributed by atoms with Gasteiger partial charge in [0.1, 0.15) is 12.1 Å². The van der Waals surface area contributed by atoms with Crippen molar-refractivity contribution < 1.29 is 24.2 Å². The summed E-state index contributed by atoms with van der Waals surface area (Å²) in [4.78, 5) is 42.1. The van der Waals surface area contributed by atoms with Gasteiger partial charge in [-0.15, -0.1) is 0 Å². The Balaban J connectivity index is 1.42. The van der Waals surface area contributed by atoms with Crippen LogP contribution in [0.3, 0.4) is 0 Å². The lowest BCUT2D eigenvalue weighted by atomic mass is 9.70. The zero-order valence-corrected chi connectivity index (χ0v) is 23.2. The molecule has 2 amide bonds. The van der Waals surface area contributed by atoms with Gasteiger partial charge in [0.25, 0.3) is 0 Å². The van der Waals surface area contributed by atoms with Gasteiger partial charge in [0.15, 0.2) is 0 Å². The van der Waals surface area contributed by atoms with E-state index in [2.05, 4.69) is 26.1 Å². The number of rotatable bonds is 6. The minimum atomic E-state index is -0.948. The molecule has 2 spiro atoms. The number of carbonyl (C=O) groups excluding carboxylic acids is 2. The van der Waals surface area contributed by atoms with Crippen molar-refractivity contribution in [2.24, 2.45) is 32.8 Å². The average molecular weight is 518 g/mol. The maximum Gasteiger partial charge on any atom is 0.326 e. The fourth-order valence-corrected chi connectivity index (χ4v) is 9.10. The molecule has 0 aromatic rings. The minimum Gasteiger partial charge on any atom is -0.480 e. The third-order valence-corrected chi connectivity index (χ3v) is 12.3. The first kappa shape index (κ1) is 26.9. The molecule has 3 saturated carbocycles. The largest absolute Gasteiger partial charge is 0.480 e. The number of hydrogen-bond donors (Lipinski definition) is 3. The summed E-state index contributed by atoms with van der Waals surface area (Å²) < 4.78 is 5.61. The Morgan fingerprint density at radius 2 is 1.51 bits per heavy atom. The summed E-state index contributed by atoms with van der Waals surface area (Å²) in [5, 5.41) is 13.3. The van der Waals surface area contributed by atoms with Gasteiger partial charge in [-0.1, -0.05) is 53.4 Å². The molecule has 4 atom stereocenters. The number of nitrogens with zero attached hydrogens (tertiary/aromatic N) is 1. The van der Waals surface area contributed by atoms with Gasteiger partial charge in [-0.2, -0.15) is 0 Å². The number of aliphatic carboxylic acids is 1. The Labute approximate surface area is 221 Å². The van der Waals surface area contributed by atoms with Crippen molar-refractivity contribution in [2.75, 3.05) is 19.8 Å². The predicted octanol–water partition coefficient (Wildman–Crippen LogP) is 3.47. The summed E-state index contributed by atoms with van der Waals surface area (Å²) in [7, 11) is 0. The van der Waals surface area contributed by atoms with Crippen LogP contribution in [0.5, 0.6) is 0 Å². The number of hydrogen-bond acceptors (Lipinski definition) is 5. The Morgan fingerprint density at radius 1 is 0.892 bits per heavy atom. The lowest BCUT2D eigenvalue weighted by molar-refractivity contribution is -0.152. The molecule has 0 bridgehead atoms. The second-order valence-electron chi connectivity index (χ2n) is 14.1. The number of carbonyl (C=O) groups is 3. The normalized spacial score (nSPS) is 34.4. The molecule has 3 aliphatic carbocycles. The zero-order chi connectivity index (χ0) is 26.9. The van der Waals surface area contributed by atoms with Crippen molar-refractivity contribution in [3.8, 4) is 0 Å². The molecule has 2 saturated heterocycles. The van der Waals surface area contributed by atoms with Crippen molar-refractivity contribution >= 4 is 17.8 Å². The van der Waals surface area contributed by atoms with Gasteiger partial charge >= 0.3 is 5.97 Å². The molecule has 208 valence electrons. The molecule has 0 aromatic heterocycles. The van der Waals surface area contributed by atoms with Crippen molar-refractivity contribution in [1.82, 2.24) is 10.2 Å². The number of carboxylic acids is 1. The monoisotopic (exact) mass is 517 g/mol. The molecule has 5 fully saturated rings. The van der Waals surface area contributed by atoms with Crippen molar-refractivity contribution in [3.63, 3.8) is 0 Å². The SMILES string of the molecule is CC1([C@H](N)C(=O)N[C@H](C(=O)N2C[C@]3(C[C@H]2C(=O)O)C(C)(C)C32CCC2)C2(C)CCOCC2)CCCCC1. The average Bonchev–Trinajstić information content (AvgIpc) is 3.07. The fraction of sp³-hybridized carbons (Fsp3) is 0.897. The number of carboxylic acid groups (broad SMARTS) is 1. The van der Waals surface area contributed by atoms with E-state index in [-0.39, 0.29) is 33.5 Å². The van der Waals surface area contributed by atoms with Crippen LogP contribution in [0, 0.1) is 27.1 Å². The Morgan fingerprint density at radius 3 is 2.03 bits per heavy atom. The van der Waals surface area contributed by atoms with Crippen molar-refractivity contribution in [2.45, 2.75) is 116 Å². The minimum absolute atomic E-state index is 0.0141. The number of likely N-dealkylation sites (tertiary alicyclic amines) is 1. The second kappa shape index (κ2) is 8.94. The molecule has 0 aromatic carbocycles. The van der Waals surface area contributed by atoms with Crippen LogP contribution in [0.25, 0.3) is 0 Å². The lowest BCUT2D eigenvalue weighted by Gasteiger charge is -2.44. The highest BCUT2D eigenvalue weighted by atomic mass is 16.5. The van der Waals surface area contributed by atoms with Crippen LogP contribution in [0.1, 0.15) is 98.3 Å². The second-order valence-corrected chi connectivity index (χ2v) is 14.1. The summed E-state index contributed by atoms with van der Waals surface area (Å²) in [5.41, 5.74) is 5.75. The topological polar surface area (TPSA) is 122 Å². The van der Waals surface area contributed by atoms with Crippen LogP contribution in [0.2, 0.25) is 0 Å². The first-order valence-corrected chi connectivity index (χ1v) is 14.5. The molecule has 8 nitrogen and oxygen atoms in total. The molecule has 0 radical (unpaired) electrons. The van der Waals surface area contributed by atoms with E-state index in [1.165, 1.54) is 6.42 Å². The van der Waals surface area contributed by atoms with E-state index in [0.29, 0.717) is 39.0 Å². The summed E-state index contributed by atoms with van der Waals surface area (Å²) in [6.07, 6.45) is 10.2. The van der Waals surface area contributed by atoms with Crippen LogP contribution in [0.4, 0.5) is 0 Å². The Kier molecular flexibility index (Phi) is 6.50. The van der Waals surface area contributed by atoms with Gasteiger partial charge < -0.3 is 25.8 Å². The number of amides is 2. The van der Waals surface area contributed by atoms with Crippen LogP contribution >= 0.6 is 0 Å². The van der Waals surface area contributed by atoms with E-state index < -0.39 is 29.5 Å². The molecule has 5 aliphatic rings. The molecule has 37 heavy (non-hydrogen) atoms. The van der Waals surface area contributed by atoms with Crippen molar-refractivity contribution in [1.29, 1.82) is 0 Å². The van der Waals surface area contributed by atoms with Crippen LogP contribution in [-0.2, 0) is 19.1 Å². The van der Waals surface area contributed by atoms with Gasteiger partial charge in [0.2, 0.25) is 11.8 Å². The van der Waals surface area contributed by atoms with Crippen LogP contribution < -0.4 is 11.1 Å². The zero-order valence-electron chi connectivity index (χ0n) is 23.2. The highest BCUT2D eigenvalue weighted by Crippen LogP contribution is 2.88. The number of fused-ring (bicyclic) bond motifs is 1. The maximum absolute atomic E-state index is 14.4. The third kappa shape index (κ3) is 3.79. The Bertz CT molecular complexity index is 947. The molecule has 4 N–H and O–H groups in total. The van der Waals surface area contributed by atoms with E-state index in [0.717, 1.165) is 44.9 Å². The molecule has 0 unspecified atom stereocenters. The smallest absolute Gasteiger partial charge is 0.326 e. The van der Waals surface area contributed by atoms with Gasteiger partial charge in [-0.3, -0.25) is 9.59 Å². The quantitative estimate of drug-likeness (QED) is 0.496. The summed E-state index contributed by atoms with van der Waals surface area (Å²) in [6.45, 7) is 10.1. The van der Waals surface area contributed by atoms with E-state index >= 15 is 0 Å². The van der Waals surface area contributed by atoms with Gasteiger partial charge in [-0.25, -0.2) is 4.79 Å². The molecular formula is C29H47N3O5. The van der Waals surface area contributed by atoms with E-state index in [1.807, 2.05) is 6.92 Å². The highest BCUT2D eigenvalue weighted by Gasteiger charge is 2.85. The Hall–Kier alpha value is -1.67. The molecule has 2 aliphatic heterocycles. The third-order valence-electron chi connectivity index (χ3n) is 12.3. The molecule has 2 heterocycles. The lowest BCUT2D eigenvalue weighted by Crippen LogP contribution is -2.63. The summed E-state index contributed by atoms with van der Waals surface area (Å²) >= 11 is 0. The van der Waals surface area contributed by atoms with Crippen LogP contribution in [-0.4, -0.2) is 65.7 Å². The van der Waals surface area contributed by atoms with Crippen molar-refractivity contribution in [3.05, 3.63) is 0 Å². The van der Waals surface area contributed by atoms with Crippen LogP contribution in [0.15, 0.2) is 0 Å². The van der Waals surface area contributed by atoms with Gasteiger partial charge in [0.05, 0.1) is 6.04 Å². The number of ether oxygens (including phenoxy) is 1. The van der Waals surface area contributed by atoms with E-state index in [1.54, 1.807) is 4.90 Å². The molecule has 5 rings (SSSR count). The first-order valence-electron chi connectivity index (χ1n) is 14.5. The van der Waals surface area contributed by atoms with E-state index in [4.69, 9.17) is 10.5 Å². The fourth-order valence-electron chi connectivity index (χ4n) is 9.10. The van der Waals surface area contributed by atoms with Gasteiger partial charge in [0, 0.05) is 30.6 Å². The first-order chi connectivity index (χ1) is 17.3. The summed E-state index contributed by atoms with van der Waals surface area (Å²) in [6, 6.07) is -2.38. The molecular weight excluding hydrogens is 470 g/mol. The number of nitrogens with two attached hydrogens (primary N) is 1. The highest BCUT2D eigenvalue weighted by molar-refractivity contribution is 5.93. The van der Waals surface area contributed by atoms with E-state index in [9.17, 15) is 19.5 Å². The summed E-state index contributed by atoms with van der Waals surface area (Å²) in [5.74, 6) is -1.50.